The number of aryl methyl sites for hydroxylation is 1. The van der Waals surface area contributed by atoms with E-state index in [4.69, 9.17) is 9.97 Å². The van der Waals surface area contributed by atoms with E-state index in [0.717, 1.165) is 56.1 Å². The highest BCUT2D eigenvalue weighted by atomic mass is 15.3. The summed E-state index contributed by atoms with van der Waals surface area (Å²) >= 11 is 0. The van der Waals surface area contributed by atoms with Crippen LogP contribution >= 0.6 is 0 Å². The van der Waals surface area contributed by atoms with Gasteiger partial charge in [-0.05, 0) is 50.7 Å². The molecule has 0 N–H and O–H groups in total. The standard InChI is InChI=1S/C24H36N6/c1-17-14-18(24(2,3)4)20-19(15-17)26-23(29-12-9-28(7)10-13-29)21-22(20)30(16-25-21)11-8-27(5)6/h14-16H,8-13H2,1-7H3. The third-order valence-corrected chi connectivity index (χ3v) is 6.17. The van der Waals surface area contributed by atoms with Crippen molar-refractivity contribution in [1.29, 1.82) is 0 Å². The number of hydrogen-bond acceptors (Lipinski definition) is 5. The van der Waals surface area contributed by atoms with E-state index in [1.807, 2.05) is 6.33 Å². The minimum absolute atomic E-state index is 0.0326. The topological polar surface area (TPSA) is 40.4 Å². The molecular formula is C24H36N6. The molecule has 0 aliphatic carbocycles. The van der Waals surface area contributed by atoms with Gasteiger partial charge in [-0.2, -0.15) is 0 Å². The molecule has 1 aromatic carbocycles. The Morgan fingerprint density at radius 3 is 2.40 bits per heavy atom. The number of aromatic nitrogens is 3. The molecule has 3 heterocycles. The molecule has 0 atom stereocenters. The SMILES string of the molecule is Cc1cc(C(C)(C)C)c2c(c1)nc(N1CCN(C)CC1)c1ncn(CCN(C)C)c12. The molecule has 162 valence electrons. The highest BCUT2D eigenvalue weighted by molar-refractivity contribution is 6.09. The number of hydrogen-bond donors (Lipinski definition) is 0. The van der Waals surface area contributed by atoms with Gasteiger partial charge < -0.3 is 19.3 Å². The Bertz CT molecular complexity index is 1050. The summed E-state index contributed by atoms with van der Waals surface area (Å²) in [6.07, 6.45) is 2.02. The van der Waals surface area contributed by atoms with Gasteiger partial charge in [0.1, 0.15) is 5.52 Å². The largest absolute Gasteiger partial charge is 0.352 e. The summed E-state index contributed by atoms with van der Waals surface area (Å²) in [5.41, 5.74) is 6.02. The molecule has 0 unspecified atom stereocenters. The number of benzene rings is 1. The predicted octanol–water partition coefficient (Wildman–Crippen LogP) is 3.50. The molecule has 1 saturated heterocycles. The molecule has 0 radical (unpaired) electrons. The van der Waals surface area contributed by atoms with E-state index in [0.29, 0.717) is 0 Å². The van der Waals surface area contributed by atoms with E-state index in [2.05, 4.69) is 80.2 Å². The highest BCUT2D eigenvalue weighted by Gasteiger charge is 2.26. The van der Waals surface area contributed by atoms with Crippen molar-refractivity contribution in [2.24, 2.45) is 0 Å². The van der Waals surface area contributed by atoms with Crippen molar-refractivity contribution in [1.82, 2.24) is 24.3 Å². The molecule has 30 heavy (non-hydrogen) atoms. The molecule has 0 bridgehead atoms. The van der Waals surface area contributed by atoms with Gasteiger partial charge in [0, 0.05) is 44.7 Å². The number of likely N-dealkylation sites (N-methyl/N-ethyl adjacent to an activating group) is 2. The second-order valence-electron chi connectivity index (χ2n) is 10.1. The first-order valence-electron chi connectivity index (χ1n) is 11.0. The van der Waals surface area contributed by atoms with E-state index in [1.54, 1.807) is 0 Å². The number of piperazine rings is 1. The highest BCUT2D eigenvalue weighted by Crippen LogP contribution is 2.38. The smallest absolute Gasteiger partial charge is 0.157 e. The first kappa shape index (κ1) is 21.1. The van der Waals surface area contributed by atoms with E-state index < -0.39 is 0 Å². The lowest BCUT2D eigenvalue weighted by Gasteiger charge is -2.33. The first-order chi connectivity index (χ1) is 14.1. The zero-order valence-corrected chi connectivity index (χ0v) is 19.7. The summed E-state index contributed by atoms with van der Waals surface area (Å²) in [6.45, 7) is 15.1. The summed E-state index contributed by atoms with van der Waals surface area (Å²) in [5.74, 6) is 1.04. The van der Waals surface area contributed by atoms with Gasteiger partial charge in [0.15, 0.2) is 5.82 Å². The van der Waals surface area contributed by atoms with Crippen molar-refractivity contribution < 1.29 is 0 Å². The Kier molecular flexibility index (Phi) is 5.49. The lowest BCUT2D eigenvalue weighted by atomic mass is 9.83. The Morgan fingerprint density at radius 2 is 1.77 bits per heavy atom. The van der Waals surface area contributed by atoms with Crippen LogP contribution in [-0.2, 0) is 12.0 Å². The third kappa shape index (κ3) is 3.91. The molecule has 1 fully saturated rings. The van der Waals surface area contributed by atoms with Crippen LogP contribution in [0.2, 0.25) is 0 Å². The van der Waals surface area contributed by atoms with Crippen LogP contribution < -0.4 is 4.90 Å². The molecule has 6 nitrogen and oxygen atoms in total. The summed E-state index contributed by atoms with van der Waals surface area (Å²) in [5, 5.41) is 1.26. The fourth-order valence-corrected chi connectivity index (χ4v) is 4.39. The van der Waals surface area contributed by atoms with Gasteiger partial charge >= 0.3 is 0 Å². The average molecular weight is 409 g/mol. The maximum Gasteiger partial charge on any atom is 0.157 e. The molecule has 4 rings (SSSR count). The summed E-state index contributed by atoms with van der Waals surface area (Å²) in [4.78, 5) is 17.2. The number of nitrogens with zero attached hydrogens (tertiary/aromatic N) is 6. The fraction of sp³-hybridized carbons (Fsp3) is 0.583. The molecule has 6 heteroatoms. The van der Waals surface area contributed by atoms with Crippen LogP contribution in [0.1, 0.15) is 31.9 Å². The minimum atomic E-state index is 0.0326. The van der Waals surface area contributed by atoms with Gasteiger partial charge in [-0.15, -0.1) is 0 Å². The zero-order chi connectivity index (χ0) is 21.6. The summed E-state index contributed by atoms with van der Waals surface area (Å²) < 4.78 is 2.34. The third-order valence-electron chi connectivity index (χ3n) is 6.17. The van der Waals surface area contributed by atoms with Crippen LogP contribution in [0, 0.1) is 6.92 Å². The van der Waals surface area contributed by atoms with Crippen molar-refractivity contribution in [3.05, 3.63) is 29.6 Å². The molecule has 1 aliphatic heterocycles. The second-order valence-corrected chi connectivity index (χ2v) is 10.1. The second kappa shape index (κ2) is 7.82. The Hall–Kier alpha value is -2.18. The van der Waals surface area contributed by atoms with Gasteiger partial charge in [-0.25, -0.2) is 9.97 Å². The van der Waals surface area contributed by atoms with Crippen LogP contribution in [0.5, 0.6) is 0 Å². The molecule has 0 saturated carbocycles. The van der Waals surface area contributed by atoms with Gasteiger partial charge in [0.05, 0.1) is 17.4 Å². The van der Waals surface area contributed by atoms with Crippen LogP contribution in [-0.4, -0.2) is 78.2 Å². The van der Waals surface area contributed by atoms with Crippen molar-refractivity contribution >= 4 is 27.8 Å². The predicted molar refractivity (Wildman–Crippen MR) is 127 cm³/mol. The molecule has 0 amide bonds. The first-order valence-corrected chi connectivity index (χ1v) is 11.0. The van der Waals surface area contributed by atoms with Crippen molar-refractivity contribution in [3.8, 4) is 0 Å². The minimum Gasteiger partial charge on any atom is -0.352 e. The Morgan fingerprint density at radius 1 is 1.07 bits per heavy atom. The molecule has 2 aromatic heterocycles. The summed E-state index contributed by atoms with van der Waals surface area (Å²) in [6, 6.07) is 4.58. The van der Waals surface area contributed by atoms with Crippen molar-refractivity contribution in [2.45, 2.75) is 39.7 Å². The number of rotatable bonds is 4. The summed E-state index contributed by atoms with van der Waals surface area (Å²) in [7, 11) is 6.44. The Labute approximate surface area is 180 Å². The van der Waals surface area contributed by atoms with Gasteiger partial charge in [0.25, 0.3) is 0 Å². The average Bonchev–Trinajstić information content (AvgIpc) is 3.09. The zero-order valence-electron chi connectivity index (χ0n) is 19.7. The van der Waals surface area contributed by atoms with E-state index in [1.165, 1.54) is 22.0 Å². The van der Waals surface area contributed by atoms with Gasteiger partial charge in [-0.3, -0.25) is 0 Å². The van der Waals surface area contributed by atoms with Crippen LogP contribution in [0.25, 0.3) is 21.9 Å². The number of imidazole rings is 1. The fourth-order valence-electron chi connectivity index (χ4n) is 4.39. The van der Waals surface area contributed by atoms with Gasteiger partial charge in [0.2, 0.25) is 0 Å². The van der Waals surface area contributed by atoms with Crippen molar-refractivity contribution in [2.75, 3.05) is 58.8 Å². The molecule has 3 aromatic rings. The number of anilines is 1. The Balaban J connectivity index is 2.00. The van der Waals surface area contributed by atoms with Crippen molar-refractivity contribution in [3.63, 3.8) is 0 Å². The van der Waals surface area contributed by atoms with E-state index >= 15 is 0 Å². The maximum absolute atomic E-state index is 5.22. The number of fused-ring (bicyclic) bond motifs is 3. The monoisotopic (exact) mass is 408 g/mol. The quantitative estimate of drug-likeness (QED) is 0.661. The van der Waals surface area contributed by atoms with Gasteiger partial charge in [-0.1, -0.05) is 26.8 Å². The van der Waals surface area contributed by atoms with E-state index in [-0.39, 0.29) is 5.41 Å². The molecule has 0 spiro atoms. The normalized spacial score (nSPS) is 16.3. The molecule has 1 aliphatic rings. The molecular weight excluding hydrogens is 372 g/mol. The number of pyridine rings is 1. The van der Waals surface area contributed by atoms with E-state index in [9.17, 15) is 0 Å². The van der Waals surface area contributed by atoms with Crippen LogP contribution in [0.4, 0.5) is 5.82 Å². The van der Waals surface area contributed by atoms with Crippen LogP contribution in [0.15, 0.2) is 18.5 Å². The lowest BCUT2D eigenvalue weighted by Crippen LogP contribution is -2.45. The lowest BCUT2D eigenvalue weighted by molar-refractivity contribution is 0.312. The van der Waals surface area contributed by atoms with Crippen LogP contribution in [0.3, 0.4) is 0 Å². The maximum atomic E-state index is 5.22.